The van der Waals surface area contributed by atoms with Gasteiger partial charge >= 0.3 is 39.5 Å². The van der Waals surface area contributed by atoms with Crippen LogP contribution < -0.4 is 0 Å². The molecule has 3 N–H and O–H groups in total. The van der Waals surface area contributed by atoms with Crippen molar-refractivity contribution in [1.29, 1.82) is 0 Å². The SMILES string of the molecule is CCCCCCCCCCCCCCC(=O)OC[C@H](COP(=O)(O)OC[C@H](O)COP(=O)(O)OC[C@@H](COC(=O)CCCCCCCCCCCCCC(C)C)OC(=O)CCCCCCCCCCCCCCC(C)C)OC(=O)CCCCCCCCCCCCCC(C)C. The van der Waals surface area contributed by atoms with E-state index < -0.39 is 97.5 Å². The molecular formula is C76H148O17P2. The fraction of sp³-hybridized carbons (Fsp3) is 0.947. The Bertz CT molecular complexity index is 1850. The molecule has 5 atom stereocenters. The minimum atomic E-state index is -4.96. The number of hydrogen-bond donors (Lipinski definition) is 3. The van der Waals surface area contributed by atoms with E-state index in [1.165, 1.54) is 199 Å². The van der Waals surface area contributed by atoms with Crippen molar-refractivity contribution in [2.75, 3.05) is 39.6 Å². The fourth-order valence-corrected chi connectivity index (χ4v) is 13.2. The highest BCUT2D eigenvalue weighted by molar-refractivity contribution is 7.47. The molecule has 0 radical (unpaired) electrons. The summed E-state index contributed by atoms with van der Waals surface area (Å²) in [4.78, 5) is 72.9. The second-order valence-corrected chi connectivity index (χ2v) is 31.7. The molecule has 0 aliphatic heterocycles. The number of aliphatic hydroxyl groups is 1. The van der Waals surface area contributed by atoms with Gasteiger partial charge in [0.05, 0.1) is 26.4 Å². The number of ether oxygens (including phenoxy) is 4. The maximum atomic E-state index is 13.1. The first-order valence-corrected chi connectivity index (χ1v) is 42.3. The van der Waals surface area contributed by atoms with Crippen LogP contribution in [0.15, 0.2) is 0 Å². The minimum absolute atomic E-state index is 0.107. The zero-order chi connectivity index (χ0) is 70.1. The molecule has 0 amide bonds. The highest BCUT2D eigenvalue weighted by Crippen LogP contribution is 2.45. The highest BCUT2D eigenvalue weighted by Gasteiger charge is 2.30. The van der Waals surface area contributed by atoms with Crippen LogP contribution in [0.1, 0.15) is 389 Å². The first kappa shape index (κ1) is 93.1. The van der Waals surface area contributed by atoms with Gasteiger partial charge in [0.25, 0.3) is 0 Å². The molecule has 0 aliphatic carbocycles. The lowest BCUT2D eigenvalue weighted by Gasteiger charge is -2.21. The van der Waals surface area contributed by atoms with Gasteiger partial charge in [0.2, 0.25) is 0 Å². The van der Waals surface area contributed by atoms with Crippen LogP contribution in [0, 0.1) is 17.8 Å². The third-order valence-electron chi connectivity index (χ3n) is 17.6. The molecule has 95 heavy (non-hydrogen) atoms. The van der Waals surface area contributed by atoms with Gasteiger partial charge in [0.1, 0.15) is 19.3 Å². The molecular weight excluding hydrogens is 1250 g/mol. The molecule has 0 aliphatic rings. The summed E-state index contributed by atoms with van der Waals surface area (Å²) in [6.07, 6.45) is 52.5. The van der Waals surface area contributed by atoms with Crippen molar-refractivity contribution in [2.24, 2.45) is 17.8 Å². The highest BCUT2D eigenvalue weighted by atomic mass is 31.2. The van der Waals surface area contributed by atoms with Crippen LogP contribution >= 0.6 is 15.6 Å². The van der Waals surface area contributed by atoms with E-state index in [1.54, 1.807) is 0 Å². The Balaban J connectivity index is 5.27. The smallest absolute Gasteiger partial charge is 0.462 e. The zero-order valence-corrected chi connectivity index (χ0v) is 63.9. The second-order valence-electron chi connectivity index (χ2n) is 28.8. The van der Waals surface area contributed by atoms with Crippen molar-refractivity contribution in [3.8, 4) is 0 Å². The van der Waals surface area contributed by atoms with E-state index >= 15 is 0 Å². The molecule has 0 bridgehead atoms. The number of phosphoric acid groups is 2. The summed E-state index contributed by atoms with van der Waals surface area (Å²) in [5.41, 5.74) is 0. The summed E-state index contributed by atoms with van der Waals surface area (Å²) in [5, 5.41) is 10.6. The van der Waals surface area contributed by atoms with Crippen molar-refractivity contribution in [1.82, 2.24) is 0 Å². The summed E-state index contributed by atoms with van der Waals surface area (Å²) >= 11 is 0. The van der Waals surface area contributed by atoms with Crippen molar-refractivity contribution < 1.29 is 80.2 Å². The maximum Gasteiger partial charge on any atom is 0.472 e. The number of carbonyl (C=O) groups excluding carboxylic acids is 4. The molecule has 19 heteroatoms. The third-order valence-corrected chi connectivity index (χ3v) is 19.5. The largest absolute Gasteiger partial charge is 0.472 e. The molecule has 17 nitrogen and oxygen atoms in total. The maximum absolute atomic E-state index is 13.1. The van der Waals surface area contributed by atoms with E-state index in [0.717, 1.165) is 108 Å². The van der Waals surface area contributed by atoms with Gasteiger partial charge in [-0.2, -0.15) is 0 Å². The lowest BCUT2D eigenvalue weighted by Crippen LogP contribution is -2.30. The molecule has 0 saturated carbocycles. The first-order valence-electron chi connectivity index (χ1n) is 39.3. The molecule has 0 rings (SSSR count). The number of esters is 4. The van der Waals surface area contributed by atoms with Gasteiger partial charge in [0.15, 0.2) is 12.2 Å². The third kappa shape index (κ3) is 70.3. The molecule has 0 saturated heterocycles. The predicted molar refractivity (Wildman–Crippen MR) is 386 cm³/mol. The van der Waals surface area contributed by atoms with Crippen molar-refractivity contribution >= 4 is 39.5 Å². The molecule has 0 aromatic heterocycles. The van der Waals surface area contributed by atoms with Gasteiger partial charge in [-0.05, 0) is 43.4 Å². The molecule has 564 valence electrons. The Labute approximate surface area is 581 Å². The lowest BCUT2D eigenvalue weighted by atomic mass is 10.0. The Morgan fingerprint density at radius 1 is 0.284 bits per heavy atom. The van der Waals surface area contributed by atoms with Crippen LogP contribution in [-0.4, -0.2) is 96.7 Å². The number of phosphoric ester groups is 2. The monoisotopic (exact) mass is 1400 g/mol. The number of unbranched alkanes of at least 4 members (excludes halogenated alkanes) is 42. The van der Waals surface area contributed by atoms with Gasteiger partial charge in [-0.15, -0.1) is 0 Å². The fourth-order valence-electron chi connectivity index (χ4n) is 11.6. The average molecular weight is 1400 g/mol. The van der Waals surface area contributed by atoms with E-state index in [4.69, 9.17) is 37.0 Å². The first-order chi connectivity index (χ1) is 45.7. The average Bonchev–Trinajstić information content (AvgIpc) is 3.34. The van der Waals surface area contributed by atoms with Crippen molar-refractivity contribution in [3.05, 3.63) is 0 Å². The molecule has 0 aromatic carbocycles. The number of hydrogen-bond acceptors (Lipinski definition) is 15. The van der Waals surface area contributed by atoms with Gasteiger partial charge in [-0.25, -0.2) is 9.13 Å². The summed E-state index contributed by atoms with van der Waals surface area (Å²) < 4.78 is 68.6. The summed E-state index contributed by atoms with van der Waals surface area (Å²) in [7, 11) is -9.91. The van der Waals surface area contributed by atoms with Gasteiger partial charge in [-0.1, -0.05) is 337 Å². The van der Waals surface area contributed by atoms with Crippen molar-refractivity contribution in [2.45, 2.75) is 407 Å². The van der Waals surface area contributed by atoms with Gasteiger partial charge in [0, 0.05) is 25.7 Å². The van der Waals surface area contributed by atoms with Crippen LogP contribution in [0.3, 0.4) is 0 Å². The van der Waals surface area contributed by atoms with E-state index in [9.17, 15) is 43.2 Å². The van der Waals surface area contributed by atoms with Crippen LogP contribution in [-0.2, 0) is 65.4 Å². The van der Waals surface area contributed by atoms with Gasteiger partial charge < -0.3 is 33.8 Å². The van der Waals surface area contributed by atoms with Crippen molar-refractivity contribution in [3.63, 3.8) is 0 Å². The lowest BCUT2D eigenvalue weighted by molar-refractivity contribution is -0.161. The second kappa shape index (κ2) is 66.6. The Morgan fingerprint density at radius 3 is 0.716 bits per heavy atom. The molecule has 0 fully saturated rings. The number of aliphatic hydroxyl groups excluding tert-OH is 1. The summed E-state index contributed by atoms with van der Waals surface area (Å²) in [5.74, 6) is 0.197. The topological polar surface area (TPSA) is 237 Å². The van der Waals surface area contributed by atoms with Crippen LogP contribution in [0.2, 0.25) is 0 Å². The minimum Gasteiger partial charge on any atom is -0.462 e. The van der Waals surface area contributed by atoms with E-state index in [2.05, 4.69) is 48.5 Å². The molecule has 0 heterocycles. The summed E-state index contributed by atoms with van der Waals surface area (Å²) in [6.45, 7) is 11.9. The Hall–Kier alpha value is -1.94. The standard InChI is InChI=1S/C76H148O17P2/c1-8-9-10-11-12-13-14-22-29-36-43-50-57-73(78)86-63-72(93-76(81)60-53-46-39-32-25-18-21-28-35-42-49-56-69(6)7)66-91-95(84,85)89-62-70(77)61-88-94(82,83)90-65-71(64-87-74(79)58-51-44-37-30-24-17-20-27-34-41-48-55-68(4)5)92-75(80)59-52-45-38-31-23-16-15-19-26-33-40-47-54-67(2)3/h67-72,77H,8-66H2,1-7H3,(H,82,83)(H,84,85)/t70-,71-,72-/m1/s1. The zero-order valence-electron chi connectivity index (χ0n) is 62.1. The van der Waals surface area contributed by atoms with Gasteiger partial charge in [-0.3, -0.25) is 37.3 Å². The molecule has 0 aromatic rings. The van der Waals surface area contributed by atoms with E-state index in [0.29, 0.717) is 25.7 Å². The number of rotatable bonds is 74. The summed E-state index contributed by atoms with van der Waals surface area (Å²) in [6, 6.07) is 0. The Morgan fingerprint density at radius 2 is 0.484 bits per heavy atom. The molecule has 2 unspecified atom stereocenters. The van der Waals surface area contributed by atoms with Crippen LogP contribution in [0.5, 0.6) is 0 Å². The van der Waals surface area contributed by atoms with Crippen LogP contribution in [0.4, 0.5) is 0 Å². The van der Waals surface area contributed by atoms with E-state index in [1.807, 2.05) is 0 Å². The number of carbonyl (C=O) groups is 4. The van der Waals surface area contributed by atoms with E-state index in [-0.39, 0.29) is 25.7 Å². The predicted octanol–water partition coefficient (Wildman–Crippen LogP) is 22.2. The van der Waals surface area contributed by atoms with Crippen LogP contribution in [0.25, 0.3) is 0 Å². The normalized spacial score (nSPS) is 14.1. The quantitative estimate of drug-likeness (QED) is 0.0222. The Kier molecular flexibility index (Phi) is 65.2. The molecule has 0 spiro atoms.